The highest BCUT2D eigenvalue weighted by Gasteiger charge is 2.08. The van der Waals surface area contributed by atoms with E-state index in [2.05, 4.69) is 21.7 Å². The lowest BCUT2D eigenvalue weighted by atomic mass is 10.1. The molecule has 0 N–H and O–H groups in total. The molecule has 1 aromatic heterocycles. The van der Waals surface area contributed by atoms with Crippen LogP contribution in [0.4, 0.5) is 0 Å². The van der Waals surface area contributed by atoms with E-state index >= 15 is 0 Å². The molecule has 0 unspecified atom stereocenters. The molecule has 0 aliphatic carbocycles. The standard InChI is InChI=1S/C20H22N2O2S/c1-3-24-13-12-22-17-6-4-5-7-18(17)25-20(22)21-19(23)14-16-10-8-15(2)9-11-16/h4-11H,3,12-14H2,1-2H3. The summed E-state index contributed by atoms with van der Waals surface area (Å²) in [5.41, 5.74) is 3.27. The second kappa shape index (κ2) is 8.23. The summed E-state index contributed by atoms with van der Waals surface area (Å²) in [5, 5.41) is 0. The Labute approximate surface area is 151 Å². The molecule has 0 fully saturated rings. The van der Waals surface area contributed by atoms with Crippen molar-refractivity contribution in [3.63, 3.8) is 0 Å². The van der Waals surface area contributed by atoms with Crippen LogP contribution in [0, 0.1) is 6.92 Å². The van der Waals surface area contributed by atoms with Gasteiger partial charge in [0.25, 0.3) is 5.91 Å². The number of ether oxygens (including phenoxy) is 1. The zero-order chi connectivity index (χ0) is 17.6. The molecule has 0 saturated heterocycles. The van der Waals surface area contributed by atoms with Crippen molar-refractivity contribution in [1.29, 1.82) is 0 Å². The van der Waals surface area contributed by atoms with Crippen molar-refractivity contribution in [1.82, 2.24) is 4.57 Å². The van der Waals surface area contributed by atoms with Crippen molar-refractivity contribution < 1.29 is 9.53 Å². The smallest absolute Gasteiger partial charge is 0.252 e. The van der Waals surface area contributed by atoms with Gasteiger partial charge in [0.15, 0.2) is 4.80 Å². The summed E-state index contributed by atoms with van der Waals surface area (Å²) >= 11 is 1.54. The van der Waals surface area contributed by atoms with Crippen LogP contribution in [0.15, 0.2) is 53.5 Å². The van der Waals surface area contributed by atoms with Gasteiger partial charge in [-0.15, -0.1) is 0 Å². The number of nitrogens with zero attached hydrogens (tertiary/aromatic N) is 2. The van der Waals surface area contributed by atoms with Gasteiger partial charge in [0.1, 0.15) is 0 Å². The van der Waals surface area contributed by atoms with E-state index in [4.69, 9.17) is 4.74 Å². The maximum absolute atomic E-state index is 12.4. The average Bonchev–Trinajstić information content (AvgIpc) is 2.94. The van der Waals surface area contributed by atoms with E-state index in [1.165, 1.54) is 5.56 Å². The number of hydrogen-bond acceptors (Lipinski definition) is 3. The van der Waals surface area contributed by atoms with Crippen LogP contribution in [0.3, 0.4) is 0 Å². The van der Waals surface area contributed by atoms with Gasteiger partial charge in [-0.05, 0) is 31.5 Å². The topological polar surface area (TPSA) is 43.6 Å². The quantitative estimate of drug-likeness (QED) is 0.633. The lowest BCUT2D eigenvalue weighted by molar-refractivity contribution is -0.117. The van der Waals surface area contributed by atoms with Gasteiger partial charge in [-0.1, -0.05) is 53.3 Å². The van der Waals surface area contributed by atoms with Gasteiger partial charge in [0.05, 0.1) is 23.2 Å². The van der Waals surface area contributed by atoms with Gasteiger partial charge < -0.3 is 9.30 Å². The highest BCUT2D eigenvalue weighted by atomic mass is 32.1. The minimum atomic E-state index is -0.124. The van der Waals surface area contributed by atoms with Crippen molar-refractivity contribution in [3.05, 3.63) is 64.5 Å². The summed E-state index contributed by atoms with van der Waals surface area (Å²) in [6.45, 7) is 5.99. The molecular weight excluding hydrogens is 332 g/mol. The lowest BCUT2D eigenvalue weighted by Crippen LogP contribution is -2.20. The number of amides is 1. The van der Waals surface area contributed by atoms with Crippen molar-refractivity contribution in [2.75, 3.05) is 13.2 Å². The number of para-hydroxylation sites is 1. The van der Waals surface area contributed by atoms with Crippen LogP contribution in [-0.2, 0) is 22.5 Å². The Bertz CT molecular complexity index is 923. The maximum atomic E-state index is 12.4. The number of aromatic nitrogens is 1. The Hall–Kier alpha value is -2.24. The minimum Gasteiger partial charge on any atom is -0.380 e. The summed E-state index contributed by atoms with van der Waals surface area (Å²) < 4.78 is 8.68. The molecule has 0 aliphatic rings. The van der Waals surface area contributed by atoms with E-state index in [9.17, 15) is 4.79 Å². The molecule has 0 spiro atoms. The van der Waals surface area contributed by atoms with E-state index in [1.54, 1.807) is 11.3 Å². The van der Waals surface area contributed by atoms with Crippen LogP contribution in [0.2, 0.25) is 0 Å². The van der Waals surface area contributed by atoms with Crippen LogP contribution < -0.4 is 4.80 Å². The Kier molecular flexibility index (Phi) is 5.79. The van der Waals surface area contributed by atoms with Gasteiger partial charge >= 0.3 is 0 Å². The van der Waals surface area contributed by atoms with Crippen LogP contribution >= 0.6 is 11.3 Å². The Morgan fingerprint density at radius 2 is 1.92 bits per heavy atom. The molecule has 2 aromatic carbocycles. The average molecular weight is 354 g/mol. The molecule has 0 radical (unpaired) electrons. The molecule has 25 heavy (non-hydrogen) atoms. The number of carbonyl (C=O) groups excluding carboxylic acids is 1. The van der Waals surface area contributed by atoms with E-state index < -0.39 is 0 Å². The van der Waals surface area contributed by atoms with E-state index in [0.29, 0.717) is 26.2 Å². The van der Waals surface area contributed by atoms with E-state index in [-0.39, 0.29) is 5.91 Å². The number of carbonyl (C=O) groups is 1. The first-order chi connectivity index (χ1) is 12.2. The zero-order valence-electron chi connectivity index (χ0n) is 14.6. The highest BCUT2D eigenvalue weighted by molar-refractivity contribution is 7.16. The normalized spacial score (nSPS) is 12.0. The number of thiazole rings is 1. The molecule has 3 aromatic rings. The fourth-order valence-corrected chi connectivity index (χ4v) is 3.72. The zero-order valence-corrected chi connectivity index (χ0v) is 15.4. The van der Waals surface area contributed by atoms with Crippen molar-refractivity contribution in [2.24, 2.45) is 4.99 Å². The molecule has 0 atom stereocenters. The van der Waals surface area contributed by atoms with Gasteiger partial charge in [-0.3, -0.25) is 4.79 Å². The fourth-order valence-electron chi connectivity index (χ4n) is 2.65. The summed E-state index contributed by atoms with van der Waals surface area (Å²) in [7, 11) is 0. The molecule has 0 bridgehead atoms. The molecule has 0 aliphatic heterocycles. The Morgan fingerprint density at radius 1 is 1.16 bits per heavy atom. The molecule has 4 nitrogen and oxygen atoms in total. The second-order valence-corrected chi connectivity index (χ2v) is 6.88. The molecule has 3 rings (SSSR count). The SMILES string of the molecule is CCOCCn1c(=NC(=O)Cc2ccc(C)cc2)sc2ccccc21. The van der Waals surface area contributed by atoms with Crippen LogP contribution in [0.1, 0.15) is 18.1 Å². The lowest BCUT2D eigenvalue weighted by Gasteiger charge is -2.05. The number of benzene rings is 2. The van der Waals surface area contributed by atoms with Gasteiger partial charge in [0, 0.05) is 13.2 Å². The first-order valence-electron chi connectivity index (χ1n) is 8.46. The molecular formula is C20H22N2O2S. The Balaban J connectivity index is 1.89. The summed E-state index contributed by atoms with van der Waals surface area (Å²) in [6, 6.07) is 16.1. The van der Waals surface area contributed by atoms with Crippen molar-refractivity contribution in [3.8, 4) is 0 Å². The maximum Gasteiger partial charge on any atom is 0.252 e. The first kappa shape index (κ1) is 17.6. The van der Waals surface area contributed by atoms with Gasteiger partial charge in [-0.25, -0.2) is 0 Å². The molecule has 1 heterocycles. The molecule has 1 amide bonds. The van der Waals surface area contributed by atoms with E-state index in [1.807, 2.05) is 50.2 Å². The summed E-state index contributed by atoms with van der Waals surface area (Å²) in [4.78, 5) is 17.5. The predicted molar refractivity (Wildman–Crippen MR) is 102 cm³/mol. The van der Waals surface area contributed by atoms with E-state index in [0.717, 1.165) is 20.6 Å². The number of aryl methyl sites for hydroxylation is 1. The molecule has 130 valence electrons. The fraction of sp³-hybridized carbons (Fsp3) is 0.300. The predicted octanol–water partition coefficient (Wildman–Crippen LogP) is 3.72. The minimum absolute atomic E-state index is 0.124. The number of hydrogen-bond donors (Lipinski definition) is 0. The van der Waals surface area contributed by atoms with Crippen molar-refractivity contribution in [2.45, 2.75) is 26.8 Å². The van der Waals surface area contributed by atoms with Crippen molar-refractivity contribution >= 4 is 27.5 Å². The van der Waals surface area contributed by atoms with Gasteiger partial charge in [0.2, 0.25) is 0 Å². The summed E-state index contributed by atoms with van der Waals surface area (Å²) in [5.74, 6) is -0.124. The summed E-state index contributed by atoms with van der Waals surface area (Å²) in [6.07, 6.45) is 0.319. The van der Waals surface area contributed by atoms with Crippen LogP contribution in [0.25, 0.3) is 10.2 Å². The number of fused-ring (bicyclic) bond motifs is 1. The number of rotatable bonds is 6. The van der Waals surface area contributed by atoms with Crippen LogP contribution in [0.5, 0.6) is 0 Å². The Morgan fingerprint density at radius 3 is 2.68 bits per heavy atom. The van der Waals surface area contributed by atoms with Crippen LogP contribution in [-0.4, -0.2) is 23.7 Å². The monoisotopic (exact) mass is 354 g/mol. The third kappa shape index (κ3) is 4.44. The third-order valence-corrected chi connectivity index (χ3v) is 5.01. The second-order valence-electron chi connectivity index (χ2n) is 5.87. The largest absolute Gasteiger partial charge is 0.380 e. The molecule has 0 saturated carbocycles. The first-order valence-corrected chi connectivity index (χ1v) is 9.28. The third-order valence-electron chi connectivity index (χ3n) is 3.95. The van der Waals surface area contributed by atoms with Gasteiger partial charge in [-0.2, -0.15) is 4.99 Å². The highest BCUT2D eigenvalue weighted by Crippen LogP contribution is 2.16. The molecule has 5 heteroatoms.